The fourth-order valence-electron chi connectivity index (χ4n) is 1.79. The van der Waals surface area contributed by atoms with Gasteiger partial charge < -0.3 is 14.4 Å². The standard InChI is InChI=1S/C14H15NO3/c1-3-15(11-5-4-6-12(16)9-11)14(17)13-8-7-10(2)18-13/h4-9,16H,3H2,1-2H3. The zero-order valence-electron chi connectivity index (χ0n) is 10.4. The molecule has 0 aliphatic heterocycles. The minimum Gasteiger partial charge on any atom is -0.508 e. The number of anilines is 1. The number of aromatic hydroxyl groups is 1. The lowest BCUT2D eigenvalue weighted by Gasteiger charge is -2.19. The van der Waals surface area contributed by atoms with Gasteiger partial charge in [0.15, 0.2) is 5.76 Å². The molecule has 0 radical (unpaired) electrons. The van der Waals surface area contributed by atoms with Crippen LogP contribution in [0.2, 0.25) is 0 Å². The van der Waals surface area contributed by atoms with Gasteiger partial charge in [-0.25, -0.2) is 0 Å². The van der Waals surface area contributed by atoms with E-state index in [4.69, 9.17) is 4.42 Å². The SMILES string of the molecule is CCN(C(=O)c1ccc(C)o1)c1cccc(O)c1. The molecule has 1 aromatic carbocycles. The summed E-state index contributed by atoms with van der Waals surface area (Å²) in [7, 11) is 0. The Hall–Kier alpha value is -2.23. The van der Waals surface area contributed by atoms with Gasteiger partial charge in [0.05, 0.1) is 0 Å². The second-order valence-corrected chi connectivity index (χ2v) is 3.98. The van der Waals surface area contributed by atoms with Crippen molar-refractivity contribution >= 4 is 11.6 Å². The quantitative estimate of drug-likeness (QED) is 0.904. The van der Waals surface area contributed by atoms with Crippen LogP contribution in [0.3, 0.4) is 0 Å². The predicted molar refractivity (Wildman–Crippen MR) is 68.9 cm³/mol. The number of furan rings is 1. The molecule has 4 nitrogen and oxygen atoms in total. The van der Waals surface area contributed by atoms with Crippen molar-refractivity contribution in [2.75, 3.05) is 11.4 Å². The van der Waals surface area contributed by atoms with Gasteiger partial charge in [0.2, 0.25) is 0 Å². The molecule has 0 unspecified atom stereocenters. The summed E-state index contributed by atoms with van der Waals surface area (Å²) >= 11 is 0. The zero-order chi connectivity index (χ0) is 13.1. The van der Waals surface area contributed by atoms with E-state index in [-0.39, 0.29) is 11.7 Å². The molecule has 0 bridgehead atoms. The van der Waals surface area contributed by atoms with Crippen molar-refractivity contribution in [1.29, 1.82) is 0 Å². The van der Waals surface area contributed by atoms with Gasteiger partial charge >= 0.3 is 0 Å². The van der Waals surface area contributed by atoms with Gasteiger partial charge in [-0.15, -0.1) is 0 Å². The summed E-state index contributed by atoms with van der Waals surface area (Å²) in [4.78, 5) is 13.8. The molecule has 0 aliphatic carbocycles. The largest absolute Gasteiger partial charge is 0.508 e. The van der Waals surface area contributed by atoms with Gasteiger partial charge in [0, 0.05) is 18.3 Å². The summed E-state index contributed by atoms with van der Waals surface area (Å²) in [5.74, 6) is 0.925. The van der Waals surface area contributed by atoms with Crippen molar-refractivity contribution < 1.29 is 14.3 Å². The highest BCUT2D eigenvalue weighted by atomic mass is 16.3. The first kappa shape index (κ1) is 12.2. The van der Waals surface area contributed by atoms with Gasteiger partial charge in [0.25, 0.3) is 5.91 Å². The molecule has 0 saturated carbocycles. The monoisotopic (exact) mass is 245 g/mol. The van der Waals surface area contributed by atoms with Crippen LogP contribution in [0.15, 0.2) is 40.8 Å². The summed E-state index contributed by atoms with van der Waals surface area (Å²) in [6.45, 7) is 4.17. The van der Waals surface area contributed by atoms with Gasteiger partial charge in [-0.1, -0.05) is 6.07 Å². The first-order chi connectivity index (χ1) is 8.61. The molecule has 0 saturated heterocycles. The van der Waals surface area contributed by atoms with Gasteiger partial charge in [0.1, 0.15) is 11.5 Å². The predicted octanol–water partition coefficient (Wildman–Crippen LogP) is 2.96. The molecule has 2 aromatic rings. The molecule has 18 heavy (non-hydrogen) atoms. The lowest BCUT2D eigenvalue weighted by atomic mass is 10.2. The van der Waals surface area contributed by atoms with E-state index < -0.39 is 0 Å². The highest BCUT2D eigenvalue weighted by Crippen LogP contribution is 2.22. The smallest absolute Gasteiger partial charge is 0.293 e. The van der Waals surface area contributed by atoms with E-state index in [1.165, 1.54) is 0 Å². The molecule has 4 heteroatoms. The number of hydrogen-bond acceptors (Lipinski definition) is 3. The Kier molecular flexibility index (Phi) is 3.37. The number of hydrogen-bond donors (Lipinski definition) is 1. The van der Waals surface area contributed by atoms with Crippen molar-refractivity contribution in [3.05, 3.63) is 47.9 Å². The molecular formula is C14H15NO3. The topological polar surface area (TPSA) is 53.7 Å². The van der Waals surface area contributed by atoms with Crippen LogP contribution in [0.5, 0.6) is 5.75 Å². The first-order valence-corrected chi connectivity index (χ1v) is 5.79. The Morgan fingerprint density at radius 2 is 2.11 bits per heavy atom. The van der Waals surface area contributed by atoms with E-state index in [1.807, 2.05) is 6.92 Å². The molecule has 2 rings (SSSR count). The van der Waals surface area contributed by atoms with Crippen molar-refractivity contribution in [2.45, 2.75) is 13.8 Å². The van der Waals surface area contributed by atoms with Gasteiger partial charge in [-0.2, -0.15) is 0 Å². The van der Waals surface area contributed by atoms with Crippen LogP contribution < -0.4 is 4.90 Å². The van der Waals surface area contributed by atoms with Crippen molar-refractivity contribution in [3.8, 4) is 5.75 Å². The van der Waals surface area contributed by atoms with Crippen molar-refractivity contribution in [2.24, 2.45) is 0 Å². The second-order valence-electron chi connectivity index (χ2n) is 3.98. The zero-order valence-corrected chi connectivity index (χ0v) is 10.4. The summed E-state index contributed by atoms with van der Waals surface area (Å²) < 4.78 is 5.33. The fraction of sp³-hybridized carbons (Fsp3) is 0.214. The number of rotatable bonds is 3. The Labute approximate surface area is 105 Å². The van der Waals surface area contributed by atoms with E-state index in [0.29, 0.717) is 23.8 Å². The number of aryl methyl sites for hydroxylation is 1. The molecule has 1 N–H and O–H groups in total. The molecule has 1 heterocycles. The van der Waals surface area contributed by atoms with Crippen LogP contribution >= 0.6 is 0 Å². The average molecular weight is 245 g/mol. The van der Waals surface area contributed by atoms with Crippen molar-refractivity contribution in [1.82, 2.24) is 0 Å². The van der Waals surface area contributed by atoms with E-state index in [0.717, 1.165) is 0 Å². The third kappa shape index (κ3) is 2.37. The molecule has 0 spiro atoms. The minimum absolute atomic E-state index is 0.134. The maximum atomic E-state index is 12.3. The van der Waals surface area contributed by atoms with Gasteiger partial charge in [-0.3, -0.25) is 4.79 Å². The highest BCUT2D eigenvalue weighted by Gasteiger charge is 2.19. The molecule has 0 aliphatic rings. The number of nitrogens with zero attached hydrogens (tertiary/aromatic N) is 1. The summed E-state index contributed by atoms with van der Waals surface area (Å²) in [6, 6.07) is 10.0. The Morgan fingerprint density at radius 3 is 2.67 bits per heavy atom. The molecule has 0 atom stereocenters. The number of phenols is 1. The summed E-state index contributed by atoms with van der Waals surface area (Å²) in [6.07, 6.45) is 0. The maximum absolute atomic E-state index is 12.3. The lowest BCUT2D eigenvalue weighted by molar-refractivity contribution is 0.0960. The second kappa shape index (κ2) is 4.96. The highest BCUT2D eigenvalue weighted by molar-refractivity contribution is 6.04. The molecule has 1 amide bonds. The molecule has 1 aromatic heterocycles. The van der Waals surface area contributed by atoms with Crippen LogP contribution in [-0.4, -0.2) is 17.6 Å². The Bertz CT molecular complexity index is 560. The molecule has 94 valence electrons. The number of amides is 1. The lowest BCUT2D eigenvalue weighted by Crippen LogP contribution is -2.30. The first-order valence-electron chi connectivity index (χ1n) is 5.79. The normalized spacial score (nSPS) is 10.3. The number of benzene rings is 1. The Morgan fingerprint density at radius 1 is 1.33 bits per heavy atom. The molecular weight excluding hydrogens is 230 g/mol. The third-order valence-corrected chi connectivity index (χ3v) is 2.65. The summed E-state index contributed by atoms with van der Waals surface area (Å²) in [5.41, 5.74) is 0.650. The van der Waals surface area contributed by atoms with E-state index >= 15 is 0 Å². The van der Waals surface area contributed by atoms with Gasteiger partial charge in [-0.05, 0) is 38.1 Å². The average Bonchev–Trinajstić information content (AvgIpc) is 2.77. The molecule has 0 fully saturated rings. The maximum Gasteiger partial charge on any atom is 0.293 e. The number of carbonyl (C=O) groups excluding carboxylic acids is 1. The van der Waals surface area contributed by atoms with E-state index in [9.17, 15) is 9.90 Å². The number of carbonyl (C=O) groups is 1. The van der Waals surface area contributed by atoms with Crippen LogP contribution in [0.25, 0.3) is 0 Å². The summed E-state index contributed by atoms with van der Waals surface area (Å²) in [5, 5.41) is 9.45. The van der Waals surface area contributed by atoms with Crippen LogP contribution in [0, 0.1) is 6.92 Å². The van der Waals surface area contributed by atoms with Crippen LogP contribution in [0.1, 0.15) is 23.2 Å². The van der Waals surface area contributed by atoms with E-state index in [2.05, 4.69) is 0 Å². The third-order valence-electron chi connectivity index (χ3n) is 2.65. The fourth-order valence-corrected chi connectivity index (χ4v) is 1.79. The Balaban J connectivity index is 2.31. The van der Waals surface area contributed by atoms with E-state index in [1.54, 1.807) is 48.2 Å². The van der Waals surface area contributed by atoms with Crippen LogP contribution in [-0.2, 0) is 0 Å². The van der Waals surface area contributed by atoms with Crippen molar-refractivity contribution in [3.63, 3.8) is 0 Å². The van der Waals surface area contributed by atoms with Crippen LogP contribution in [0.4, 0.5) is 5.69 Å². The number of phenolic OH excluding ortho intramolecular Hbond substituents is 1. The minimum atomic E-state index is -0.212.